The maximum atomic E-state index is 13.2. The second kappa shape index (κ2) is 8.96. The number of aryl methyl sites for hydroxylation is 1. The average Bonchev–Trinajstić information content (AvgIpc) is 3.01. The molecule has 1 N–H and O–H groups in total. The zero-order chi connectivity index (χ0) is 23.0. The van der Waals surface area contributed by atoms with Crippen molar-refractivity contribution in [3.8, 4) is 0 Å². The van der Waals surface area contributed by atoms with Gasteiger partial charge in [0.15, 0.2) is 5.69 Å². The van der Waals surface area contributed by atoms with Gasteiger partial charge in [-0.15, -0.1) is 0 Å². The highest BCUT2D eigenvalue weighted by Crippen LogP contribution is 2.24. The third-order valence-corrected chi connectivity index (χ3v) is 6.55. The van der Waals surface area contributed by atoms with E-state index in [9.17, 15) is 14.4 Å². The van der Waals surface area contributed by atoms with Gasteiger partial charge >= 0.3 is 5.69 Å². The van der Waals surface area contributed by atoms with Gasteiger partial charge in [-0.2, -0.15) is 5.10 Å². The first-order valence-corrected chi connectivity index (χ1v) is 11.8. The molecule has 2 aromatic heterocycles. The molecule has 32 heavy (non-hydrogen) atoms. The first kappa shape index (κ1) is 22.4. The molecule has 0 unspecified atom stereocenters. The Hall–Kier alpha value is -2.84. The van der Waals surface area contributed by atoms with Crippen molar-refractivity contribution >= 4 is 11.7 Å². The molecule has 9 nitrogen and oxygen atoms in total. The predicted molar refractivity (Wildman–Crippen MR) is 124 cm³/mol. The van der Waals surface area contributed by atoms with Crippen molar-refractivity contribution in [2.45, 2.75) is 71.9 Å². The zero-order valence-electron chi connectivity index (χ0n) is 19.6. The van der Waals surface area contributed by atoms with E-state index >= 15 is 0 Å². The lowest BCUT2D eigenvalue weighted by molar-refractivity contribution is 0.0760. The summed E-state index contributed by atoms with van der Waals surface area (Å²) in [4.78, 5) is 43.0. The van der Waals surface area contributed by atoms with E-state index in [0.29, 0.717) is 37.7 Å². The van der Waals surface area contributed by atoms with Crippen molar-refractivity contribution in [1.82, 2.24) is 24.2 Å². The third-order valence-electron chi connectivity index (χ3n) is 6.55. The number of hydrogen-bond acceptors (Lipinski definition) is 5. The molecule has 0 saturated carbocycles. The van der Waals surface area contributed by atoms with Crippen molar-refractivity contribution in [2.24, 2.45) is 0 Å². The molecule has 1 aliphatic carbocycles. The Morgan fingerprint density at radius 1 is 0.938 bits per heavy atom. The number of carbonyl (C=O) groups excluding carboxylic acids is 1. The van der Waals surface area contributed by atoms with Gasteiger partial charge in [0.2, 0.25) is 0 Å². The minimum Gasteiger partial charge on any atom is -0.356 e. The van der Waals surface area contributed by atoms with Crippen molar-refractivity contribution in [2.75, 3.05) is 31.1 Å². The fourth-order valence-corrected chi connectivity index (χ4v) is 4.92. The summed E-state index contributed by atoms with van der Waals surface area (Å²) < 4.78 is 3.00. The molecule has 174 valence electrons. The molecule has 1 fully saturated rings. The molecule has 0 bridgehead atoms. The number of carbonyl (C=O) groups is 1. The Kier molecular flexibility index (Phi) is 6.26. The van der Waals surface area contributed by atoms with Gasteiger partial charge < -0.3 is 9.80 Å². The van der Waals surface area contributed by atoms with Crippen LogP contribution in [0.1, 0.15) is 80.8 Å². The average molecular weight is 443 g/mol. The monoisotopic (exact) mass is 442 g/mol. The molecule has 1 aliphatic heterocycles. The van der Waals surface area contributed by atoms with E-state index in [-0.39, 0.29) is 29.2 Å². The summed E-state index contributed by atoms with van der Waals surface area (Å²) in [6.07, 6.45) is 4.85. The number of H-pyrrole nitrogens is 1. The summed E-state index contributed by atoms with van der Waals surface area (Å²) in [7, 11) is 0. The van der Waals surface area contributed by atoms with E-state index in [1.54, 1.807) is 10.6 Å². The molecule has 0 aromatic carbocycles. The molecule has 9 heteroatoms. The number of amides is 1. The van der Waals surface area contributed by atoms with Crippen molar-refractivity contribution in [3.63, 3.8) is 0 Å². The van der Waals surface area contributed by atoms with Crippen LogP contribution in [0.15, 0.2) is 15.7 Å². The highest BCUT2D eigenvalue weighted by Gasteiger charge is 2.28. The molecule has 0 atom stereocenters. The molecule has 1 amide bonds. The number of nitrogens with zero attached hydrogens (tertiary/aromatic N) is 5. The lowest BCUT2D eigenvalue weighted by Gasteiger charge is -2.28. The van der Waals surface area contributed by atoms with Crippen LogP contribution in [-0.2, 0) is 12.8 Å². The third kappa shape index (κ3) is 4.00. The smallest absolute Gasteiger partial charge is 0.333 e. The fraction of sp³-hybridized carbons (Fsp3) is 0.652. The number of aromatic amines is 1. The Labute approximate surface area is 188 Å². The van der Waals surface area contributed by atoms with E-state index in [1.807, 2.05) is 32.6 Å². The molecular formula is C23H34N6O3. The van der Waals surface area contributed by atoms with Crippen LogP contribution in [0.5, 0.6) is 0 Å². The fourth-order valence-electron chi connectivity index (χ4n) is 4.92. The summed E-state index contributed by atoms with van der Waals surface area (Å²) >= 11 is 0. The summed E-state index contributed by atoms with van der Waals surface area (Å²) in [5, 5.41) is 7.41. The molecule has 0 spiro atoms. The topological polar surface area (TPSA) is 96.2 Å². The Balaban J connectivity index is 1.59. The maximum absolute atomic E-state index is 13.2. The van der Waals surface area contributed by atoms with Crippen LogP contribution in [-0.4, -0.2) is 56.3 Å². The standard InChI is InChI=1S/C23H34N6O3/c1-15(2)28-19(14-20(30)29(16(3)4)23(28)32)26-10-7-11-27(13-12-26)22(31)21-17-8-5-6-9-18(17)24-25-21/h14-16H,5-13H2,1-4H3,(H,24,25). The maximum Gasteiger partial charge on any atom is 0.333 e. The van der Waals surface area contributed by atoms with Crippen LogP contribution < -0.4 is 16.1 Å². The molecule has 2 aliphatic rings. The quantitative estimate of drug-likeness (QED) is 0.783. The highest BCUT2D eigenvalue weighted by atomic mass is 16.2. The molecule has 1 saturated heterocycles. The molecule has 0 radical (unpaired) electrons. The first-order chi connectivity index (χ1) is 15.3. The van der Waals surface area contributed by atoms with E-state index in [1.165, 1.54) is 4.57 Å². The van der Waals surface area contributed by atoms with Gasteiger partial charge in [-0.05, 0) is 59.8 Å². The Bertz CT molecular complexity index is 1110. The van der Waals surface area contributed by atoms with Gasteiger partial charge in [0.05, 0.1) is 0 Å². The largest absolute Gasteiger partial charge is 0.356 e. The molecule has 2 aromatic rings. The number of hydrogen-bond donors (Lipinski definition) is 1. The summed E-state index contributed by atoms with van der Waals surface area (Å²) in [5.74, 6) is 0.612. The van der Waals surface area contributed by atoms with Crippen LogP contribution in [0, 0.1) is 0 Å². The lowest BCUT2D eigenvalue weighted by Crippen LogP contribution is -2.45. The van der Waals surface area contributed by atoms with Crippen molar-refractivity contribution in [3.05, 3.63) is 43.9 Å². The van der Waals surface area contributed by atoms with Crippen LogP contribution in [0.25, 0.3) is 0 Å². The van der Waals surface area contributed by atoms with Crippen LogP contribution >= 0.6 is 0 Å². The summed E-state index contributed by atoms with van der Waals surface area (Å²) in [6, 6.07) is 1.29. The highest BCUT2D eigenvalue weighted by molar-refractivity contribution is 5.94. The van der Waals surface area contributed by atoms with Gasteiger partial charge in [0.25, 0.3) is 11.5 Å². The van der Waals surface area contributed by atoms with Gasteiger partial charge in [-0.25, -0.2) is 4.79 Å². The molecule has 3 heterocycles. The van der Waals surface area contributed by atoms with E-state index in [2.05, 4.69) is 15.1 Å². The van der Waals surface area contributed by atoms with Gasteiger partial charge in [0.1, 0.15) is 5.82 Å². The van der Waals surface area contributed by atoms with Crippen LogP contribution in [0.3, 0.4) is 0 Å². The summed E-state index contributed by atoms with van der Waals surface area (Å²) in [6.45, 7) is 10.00. The Morgan fingerprint density at radius 2 is 1.66 bits per heavy atom. The first-order valence-electron chi connectivity index (χ1n) is 11.8. The van der Waals surface area contributed by atoms with Crippen molar-refractivity contribution < 1.29 is 4.79 Å². The number of anilines is 1. The summed E-state index contributed by atoms with van der Waals surface area (Å²) in [5.41, 5.74) is 2.18. The normalized spacial score (nSPS) is 17.1. The van der Waals surface area contributed by atoms with Crippen LogP contribution in [0.2, 0.25) is 0 Å². The zero-order valence-corrected chi connectivity index (χ0v) is 19.6. The van der Waals surface area contributed by atoms with Gasteiger partial charge in [-0.3, -0.25) is 23.8 Å². The minimum atomic E-state index is -0.280. The van der Waals surface area contributed by atoms with Crippen LogP contribution in [0.4, 0.5) is 5.82 Å². The Morgan fingerprint density at radius 3 is 2.38 bits per heavy atom. The van der Waals surface area contributed by atoms with E-state index in [4.69, 9.17) is 0 Å². The van der Waals surface area contributed by atoms with Gasteiger partial charge in [-0.1, -0.05) is 0 Å². The molecule has 4 rings (SSSR count). The second-order valence-corrected chi connectivity index (χ2v) is 9.42. The second-order valence-electron chi connectivity index (χ2n) is 9.42. The SMILES string of the molecule is CC(C)n1c(N2CCCN(C(=O)c3n[nH]c4c3CCCC4)CC2)cc(=O)n(C(C)C)c1=O. The van der Waals surface area contributed by atoms with E-state index < -0.39 is 0 Å². The van der Waals surface area contributed by atoms with Gasteiger partial charge in [0, 0.05) is 55.6 Å². The number of aromatic nitrogens is 4. The number of fused-ring (bicyclic) bond motifs is 1. The lowest BCUT2D eigenvalue weighted by atomic mass is 9.95. The predicted octanol–water partition coefficient (Wildman–Crippen LogP) is 2.13. The van der Waals surface area contributed by atoms with E-state index in [0.717, 1.165) is 43.4 Å². The molecular weight excluding hydrogens is 408 g/mol. The van der Waals surface area contributed by atoms with Crippen molar-refractivity contribution in [1.29, 1.82) is 0 Å². The number of rotatable bonds is 4. The number of nitrogens with one attached hydrogen (secondary N) is 1. The minimum absolute atomic E-state index is 0.0253.